The van der Waals surface area contributed by atoms with Crippen LogP contribution in [0, 0.1) is 0 Å². The second kappa shape index (κ2) is 3.89. The summed E-state index contributed by atoms with van der Waals surface area (Å²) < 4.78 is 4.92. The van der Waals surface area contributed by atoms with Crippen molar-refractivity contribution in [3.8, 4) is 0 Å². The number of oxazole rings is 1. The van der Waals surface area contributed by atoms with Crippen molar-refractivity contribution in [3.05, 3.63) is 18.4 Å². The van der Waals surface area contributed by atoms with Crippen LogP contribution in [0.1, 0.15) is 12.1 Å². The lowest BCUT2D eigenvalue weighted by Gasteiger charge is -2.13. The van der Waals surface area contributed by atoms with E-state index in [0.717, 1.165) is 25.3 Å². The Hall–Kier alpha value is -0.870. The number of aromatic nitrogens is 1. The Balaban J connectivity index is 1.84. The molecular formula is C9H15N3O. The van der Waals surface area contributed by atoms with Crippen molar-refractivity contribution in [2.45, 2.75) is 19.0 Å². The Morgan fingerprint density at radius 1 is 1.77 bits per heavy atom. The van der Waals surface area contributed by atoms with Crippen LogP contribution in [-0.4, -0.2) is 36.1 Å². The van der Waals surface area contributed by atoms with Gasteiger partial charge in [-0.1, -0.05) is 0 Å². The molecule has 13 heavy (non-hydrogen) atoms. The molecule has 1 unspecified atom stereocenters. The van der Waals surface area contributed by atoms with Gasteiger partial charge in [-0.2, -0.15) is 0 Å². The van der Waals surface area contributed by atoms with Gasteiger partial charge in [-0.05, 0) is 13.5 Å². The molecule has 1 aromatic rings. The highest BCUT2D eigenvalue weighted by Gasteiger charge is 2.21. The molecule has 2 rings (SSSR count). The van der Waals surface area contributed by atoms with E-state index in [1.807, 2.05) is 7.05 Å². The van der Waals surface area contributed by atoms with E-state index in [1.54, 1.807) is 6.26 Å². The van der Waals surface area contributed by atoms with E-state index >= 15 is 0 Å². The van der Waals surface area contributed by atoms with Gasteiger partial charge in [0.25, 0.3) is 0 Å². The summed E-state index contributed by atoms with van der Waals surface area (Å²) >= 11 is 0. The Labute approximate surface area is 77.9 Å². The van der Waals surface area contributed by atoms with Crippen LogP contribution in [0.3, 0.4) is 0 Å². The van der Waals surface area contributed by atoms with Gasteiger partial charge >= 0.3 is 0 Å². The smallest absolute Gasteiger partial charge is 0.180 e. The summed E-state index contributed by atoms with van der Waals surface area (Å²) in [5.41, 5.74) is 1.02. The summed E-state index contributed by atoms with van der Waals surface area (Å²) in [5.74, 6) is 0. The highest BCUT2D eigenvalue weighted by molar-refractivity contribution is 4.93. The number of hydrogen-bond donors (Lipinski definition) is 1. The van der Waals surface area contributed by atoms with Crippen molar-refractivity contribution in [1.29, 1.82) is 0 Å². The first-order chi connectivity index (χ1) is 6.38. The van der Waals surface area contributed by atoms with E-state index in [1.165, 1.54) is 12.8 Å². The first-order valence-electron chi connectivity index (χ1n) is 4.65. The van der Waals surface area contributed by atoms with Gasteiger partial charge in [-0.25, -0.2) is 4.98 Å². The normalized spacial score (nSPS) is 23.9. The van der Waals surface area contributed by atoms with Gasteiger partial charge in [0.1, 0.15) is 6.26 Å². The molecule has 1 saturated heterocycles. The Morgan fingerprint density at radius 3 is 3.31 bits per heavy atom. The van der Waals surface area contributed by atoms with Crippen molar-refractivity contribution in [1.82, 2.24) is 15.2 Å². The minimum Gasteiger partial charge on any atom is -0.451 e. The van der Waals surface area contributed by atoms with Gasteiger partial charge in [0, 0.05) is 25.7 Å². The largest absolute Gasteiger partial charge is 0.451 e. The molecule has 1 fully saturated rings. The second-order valence-corrected chi connectivity index (χ2v) is 3.49. The van der Waals surface area contributed by atoms with E-state index in [2.05, 4.69) is 15.2 Å². The second-order valence-electron chi connectivity index (χ2n) is 3.49. The predicted octanol–water partition coefficient (Wildman–Crippen LogP) is 0.468. The standard InChI is InChI=1S/C9H15N3O/c1-10-8-2-3-12(4-8)5-9-6-13-7-11-9/h6-8,10H,2-5H2,1H3. The summed E-state index contributed by atoms with van der Waals surface area (Å²) in [6.07, 6.45) is 4.43. The molecule has 1 aromatic heterocycles. The van der Waals surface area contributed by atoms with Crippen LogP contribution in [0.15, 0.2) is 17.1 Å². The minimum atomic E-state index is 0.645. The molecule has 1 aliphatic heterocycles. The molecule has 2 heterocycles. The van der Waals surface area contributed by atoms with Gasteiger partial charge in [0.05, 0.1) is 5.69 Å². The molecule has 1 atom stereocenters. The third kappa shape index (κ3) is 2.08. The number of likely N-dealkylation sites (N-methyl/N-ethyl adjacent to an activating group) is 1. The van der Waals surface area contributed by atoms with Crippen molar-refractivity contribution in [2.75, 3.05) is 20.1 Å². The molecule has 0 spiro atoms. The summed E-state index contributed by atoms with van der Waals surface area (Å²) in [5, 5.41) is 3.29. The fraction of sp³-hybridized carbons (Fsp3) is 0.667. The van der Waals surface area contributed by atoms with Crippen LogP contribution < -0.4 is 5.32 Å². The molecule has 0 radical (unpaired) electrons. The molecule has 0 saturated carbocycles. The third-order valence-electron chi connectivity index (χ3n) is 2.55. The Morgan fingerprint density at radius 2 is 2.69 bits per heavy atom. The average molecular weight is 181 g/mol. The van der Waals surface area contributed by atoms with Gasteiger partial charge in [0.15, 0.2) is 6.39 Å². The van der Waals surface area contributed by atoms with Crippen LogP contribution >= 0.6 is 0 Å². The third-order valence-corrected chi connectivity index (χ3v) is 2.55. The molecular weight excluding hydrogens is 166 g/mol. The van der Waals surface area contributed by atoms with Crippen molar-refractivity contribution in [3.63, 3.8) is 0 Å². The van der Waals surface area contributed by atoms with Crippen molar-refractivity contribution >= 4 is 0 Å². The Bertz CT molecular complexity index is 247. The average Bonchev–Trinajstić information content (AvgIpc) is 2.76. The number of nitrogens with one attached hydrogen (secondary N) is 1. The number of nitrogens with zero attached hydrogens (tertiary/aromatic N) is 2. The molecule has 72 valence electrons. The number of likely N-dealkylation sites (tertiary alicyclic amines) is 1. The van der Waals surface area contributed by atoms with Crippen molar-refractivity contribution < 1.29 is 4.42 Å². The fourth-order valence-corrected chi connectivity index (χ4v) is 1.76. The van der Waals surface area contributed by atoms with Crippen LogP contribution in [0.5, 0.6) is 0 Å². The molecule has 0 amide bonds. The molecule has 1 aliphatic rings. The summed E-state index contributed by atoms with van der Waals surface area (Å²) in [6, 6.07) is 0.645. The summed E-state index contributed by atoms with van der Waals surface area (Å²) in [6.45, 7) is 3.18. The molecule has 0 aliphatic carbocycles. The van der Waals surface area contributed by atoms with Crippen LogP contribution in [-0.2, 0) is 6.54 Å². The van der Waals surface area contributed by atoms with Gasteiger partial charge in [-0.3, -0.25) is 4.90 Å². The first kappa shape index (κ1) is 8.72. The lowest BCUT2D eigenvalue weighted by molar-refractivity contribution is 0.318. The number of rotatable bonds is 3. The van der Waals surface area contributed by atoms with E-state index < -0.39 is 0 Å². The van der Waals surface area contributed by atoms with E-state index in [9.17, 15) is 0 Å². The maximum absolute atomic E-state index is 4.92. The predicted molar refractivity (Wildman–Crippen MR) is 49.2 cm³/mol. The van der Waals surface area contributed by atoms with Gasteiger partial charge in [-0.15, -0.1) is 0 Å². The zero-order valence-electron chi connectivity index (χ0n) is 7.86. The number of hydrogen-bond acceptors (Lipinski definition) is 4. The van der Waals surface area contributed by atoms with E-state index in [4.69, 9.17) is 4.42 Å². The minimum absolute atomic E-state index is 0.645. The topological polar surface area (TPSA) is 41.3 Å². The highest BCUT2D eigenvalue weighted by atomic mass is 16.3. The monoisotopic (exact) mass is 181 g/mol. The first-order valence-corrected chi connectivity index (χ1v) is 4.65. The van der Waals surface area contributed by atoms with E-state index in [-0.39, 0.29) is 0 Å². The lowest BCUT2D eigenvalue weighted by Crippen LogP contribution is -2.29. The van der Waals surface area contributed by atoms with Crippen LogP contribution in [0.25, 0.3) is 0 Å². The molecule has 1 N–H and O–H groups in total. The fourth-order valence-electron chi connectivity index (χ4n) is 1.76. The molecule has 0 bridgehead atoms. The summed E-state index contributed by atoms with van der Waals surface area (Å²) in [4.78, 5) is 6.49. The quantitative estimate of drug-likeness (QED) is 0.736. The van der Waals surface area contributed by atoms with E-state index in [0.29, 0.717) is 6.04 Å². The zero-order valence-corrected chi connectivity index (χ0v) is 7.86. The van der Waals surface area contributed by atoms with Crippen LogP contribution in [0.2, 0.25) is 0 Å². The molecule has 4 nitrogen and oxygen atoms in total. The van der Waals surface area contributed by atoms with Crippen molar-refractivity contribution in [2.24, 2.45) is 0 Å². The SMILES string of the molecule is CNC1CCN(Cc2cocn2)C1. The van der Waals surface area contributed by atoms with Gasteiger partial charge < -0.3 is 9.73 Å². The molecule has 4 heteroatoms. The van der Waals surface area contributed by atoms with Crippen LogP contribution in [0.4, 0.5) is 0 Å². The maximum Gasteiger partial charge on any atom is 0.180 e. The highest BCUT2D eigenvalue weighted by Crippen LogP contribution is 2.11. The maximum atomic E-state index is 4.92. The summed E-state index contributed by atoms with van der Waals surface area (Å²) in [7, 11) is 2.02. The zero-order chi connectivity index (χ0) is 9.10. The Kier molecular flexibility index (Phi) is 2.61. The van der Waals surface area contributed by atoms with Gasteiger partial charge in [0.2, 0.25) is 0 Å². The molecule has 0 aromatic carbocycles. The lowest BCUT2D eigenvalue weighted by atomic mass is 10.3.